The van der Waals surface area contributed by atoms with Gasteiger partial charge in [0, 0.05) is 19.6 Å². The predicted molar refractivity (Wildman–Crippen MR) is 101 cm³/mol. The third kappa shape index (κ3) is 4.74. The lowest BCUT2D eigenvalue weighted by Crippen LogP contribution is -2.40. The van der Waals surface area contributed by atoms with Crippen LogP contribution in [-0.2, 0) is 31.3 Å². The molecule has 7 nitrogen and oxygen atoms in total. The van der Waals surface area contributed by atoms with Gasteiger partial charge in [0.2, 0.25) is 20.0 Å². The van der Waals surface area contributed by atoms with Crippen molar-refractivity contribution in [3.05, 3.63) is 59.7 Å². The van der Waals surface area contributed by atoms with E-state index in [-0.39, 0.29) is 16.3 Å². The molecule has 0 atom stereocenters. The summed E-state index contributed by atoms with van der Waals surface area (Å²) in [6.45, 7) is 3.40. The van der Waals surface area contributed by atoms with Gasteiger partial charge in [-0.2, -0.15) is 4.31 Å². The first-order chi connectivity index (χ1) is 12.8. The van der Waals surface area contributed by atoms with Crippen LogP contribution in [0.3, 0.4) is 0 Å². The van der Waals surface area contributed by atoms with Gasteiger partial charge >= 0.3 is 0 Å². The Labute approximate surface area is 160 Å². The highest BCUT2D eigenvalue weighted by molar-refractivity contribution is 7.89. The lowest BCUT2D eigenvalue weighted by Gasteiger charge is -2.26. The van der Waals surface area contributed by atoms with E-state index in [1.807, 2.05) is 6.92 Å². The Morgan fingerprint density at radius 1 is 0.889 bits per heavy atom. The van der Waals surface area contributed by atoms with Crippen molar-refractivity contribution >= 4 is 20.0 Å². The van der Waals surface area contributed by atoms with Gasteiger partial charge in [0.05, 0.1) is 23.0 Å². The van der Waals surface area contributed by atoms with Gasteiger partial charge in [-0.25, -0.2) is 21.6 Å². The normalized spacial score (nSPS) is 16.3. The average molecular weight is 411 g/mol. The Morgan fingerprint density at radius 2 is 1.44 bits per heavy atom. The van der Waals surface area contributed by atoms with Gasteiger partial charge in [0.15, 0.2) is 0 Å². The predicted octanol–water partition coefficient (Wildman–Crippen LogP) is 1.49. The molecule has 1 heterocycles. The van der Waals surface area contributed by atoms with E-state index in [1.54, 1.807) is 36.4 Å². The second kappa shape index (κ2) is 8.07. The number of hydrogen-bond donors (Lipinski definition) is 1. The van der Waals surface area contributed by atoms with Crippen LogP contribution < -0.4 is 4.72 Å². The van der Waals surface area contributed by atoms with E-state index in [0.29, 0.717) is 31.9 Å². The number of morpholine rings is 1. The van der Waals surface area contributed by atoms with Crippen LogP contribution in [0.2, 0.25) is 0 Å². The second-order valence-corrected chi connectivity index (χ2v) is 10.0. The van der Waals surface area contributed by atoms with E-state index >= 15 is 0 Å². The molecule has 146 valence electrons. The number of aryl methyl sites for hydroxylation is 1. The zero-order valence-corrected chi connectivity index (χ0v) is 16.6. The van der Waals surface area contributed by atoms with Crippen LogP contribution >= 0.6 is 0 Å². The zero-order chi connectivity index (χ0) is 19.5. The number of rotatable bonds is 6. The molecule has 27 heavy (non-hydrogen) atoms. The van der Waals surface area contributed by atoms with Crippen molar-refractivity contribution in [2.24, 2.45) is 0 Å². The van der Waals surface area contributed by atoms with E-state index in [1.165, 1.54) is 16.4 Å². The lowest BCUT2D eigenvalue weighted by molar-refractivity contribution is 0.0730. The third-order valence-corrected chi connectivity index (χ3v) is 7.66. The molecule has 2 aromatic carbocycles. The molecule has 1 saturated heterocycles. The van der Waals surface area contributed by atoms with Crippen molar-refractivity contribution in [1.29, 1.82) is 0 Å². The Kier molecular flexibility index (Phi) is 5.97. The van der Waals surface area contributed by atoms with Gasteiger partial charge in [-0.1, -0.05) is 29.8 Å². The standard InChI is InChI=1S/C18H22N2O5S2/c1-15-2-6-17(7-3-15)26(21,22)19-14-16-4-8-18(9-5-16)27(23,24)20-10-12-25-13-11-20/h2-9,19H,10-14H2,1H3. The summed E-state index contributed by atoms with van der Waals surface area (Å²) in [7, 11) is -7.18. The highest BCUT2D eigenvalue weighted by Crippen LogP contribution is 2.18. The molecule has 2 aromatic rings. The molecule has 0 aliphatic carbocycles. The van der Waals surface area contributed by atoms with Crippen LogP contribution in [0, 0.1) is 6.92 Å². The van der Waals surface area contributed by atoms with E-state index in [4.69, 9.17) is 4.74 Å². The molecular weight excluding hydrogens is 388 g/mol. The molecule has 0 amide bonds. The molecule has 9 heteroatoms. The summed E-state index contributed by atoms with van der Waals surface area (Å²) in [5.41, 5.74) is 1.65. The van der Waals surface area contributed by atoms with E-state index in [2.05, 4.69) is 4.72 Å². The van der Waals surface area contributed by atoms with Crippen molar-refractivity contribution in [3.63, 3.8) is 0 Å². The molecular formula is C18H22N2O5S2. The summed E-state index contributed by atoms with van der Waals surface area (Å²) in [5.74, 6) is 0. The Bertz CT molecular complexity index is 979. The minimum Gasteiger partial charge on any atom is -0.379 e. The maximum absolute atomic E-state index is 12.6. The number of nitrogens with one attached hydrogen (secondary N) is 1. The van der Waals surface area contributed by atoms with Crippen LogP contribution in [0.15, 0.2) is 58.3 Å². The van der Waals surface area contributed by atoms with Crippen LogP contribution in [-0.4, -0.2) is 47.4 Å². The van der Waals surface area contributed by atoms with Gasteiger partial charge in [0.1, 0.15) is 0 Å². The fraction of sp³-hybridized carbons (Fsp3) is 0.333. The molecule has 1 aliphatic heterocycles. The summed E-state index contributed by atoms with van der Waals surface area (Å²) in [5, 5.41) is 0. The topological polar surface area (TPSA) is 92.8 Å². The van der Waals surface area contributed by atoms with Crippen LogP contribution in [0.5, 0.6) is 0 Å². The zero-order valence-electron chi connectivity index (χ0n) is 15.0. The maximum Gasteiger partial charge on any atom is 0.243 e. The first kappa shape index (κ1) is 20.0. The molecule has 0 aromatic heterocycles. The lowest BCUT2D eigenvalue weighted by atomic mass is 10.2. The third-order valence-electron chi connectivity index (χ3n) is 4.33. The van der Waals surface area contributed by atoms with Crippen molar-refractivity contribution in [2.75, 3.05) is 26.3 Å². The quantitative estimate of drug-likeness (QED) is 0.779. The molecule has 1 aliphatic rings. The van der Waals surface area contributed by atoms with Gasteiger partial charge < -0.3 is 4.74 Å². The minimum atomic E-state index is -3.62. The van der Waals surface area contributed by atoms with Gasteiger partial charge in [-0.15, -0.1) is 0 Å². The first-order valence-corrected chi connectivity index (χ1v) is 11.4. The molecule has 1 N–H and O–H groups in total. The fourth-order valence-electron chi connectivity index (χ4n) is 2.69. The van der Waals surface area contributed by atoms with Crippen LogP contribution in [0.25, 0.3) is 0 Å². The largest absolute Gasteiger partial charge is 0.379 e. The minimum absolute atomic E-state index is 0.0775. The smallest absolute Gasteiger partial charge is 0.243 e. The Hall–Kier alpha value is -1.78. The highest BCUT2D eigenvalue weighted by Gasteiger charge is 2.26. The molecule has 0 saturated carbocycles. The number of benzene rings is 2. The first-order valence-electron chi connectivity index (χ1n) is 8.52. The molecule has 1 fully saturated rings. The van der Waals surface area contributed by atoms with Gasteiger partial charge in [0.25, 0.3) is 0 Å². The molecule has 0 spiro atoms. The number of ether oxygens (including phenoxy) is 1. The van der Waals surface area contributed by atoms with Crippen LogP contribution in [0.4, 0.5) is 0 Å². The monoisotopic (exact) mass is 410 g/mol. The average Bonchev–Trinajstić information content (AvgIpc) is 2.68. The molecule has 0 unspecified atom stereocenters. The summed E-state index contributed by atoms with van der Waals surface area (Å²) < 4.78 is 58.9. The number of sulfonamides is 2. The van der Waals surface area contributed by atoms with E-state index in [0.717, 1.165) is 5.56 Å². The highest BCUT2D eigenvalue weighted by atomic mass is 32.2. The second-order valence-electron chi connectivity index (χ2n) is 6.30. The summed E-state index contributed by atoms with van der Waals surface area (Å²) in [6, 6.07) is 12.8. The Morgan fingerprint density at radius 3 is 2.04 bits per heavy atom. The summed E-state index contributed by atoms with van der Waals surface area (Å²) in [4.78, 5) is 0.383. The van der Waals surface area contributed by atoms with Gasteiger partial charge in [-0.05, 0) is 36.8 Å². The number of nitrogens with zero attached hydrogens (tertiary/aromatic N) is 1. The SMILES string of the molecule is Cc1ccc(S(=O)(=O)NCc2ccc(S(=O)(=O)N3CCOCC3)cc2)cc1. The van der Waals surface area contributed by atoms with E-state index < -0.39 is 20.0 Å². The summed E-state index contributed by atoms with van der Waals surface area (Å²) >= 11 is 0. The van der Waals surface area contributed by atoms with E-state index in [9.17, 15) is 16.8 Å². The molecule has 3 rings (SSSR count). The Balaban J connectivity index is 1.68. The molecule has 0 radical (unpaired) electrons. The van der Waals surface area contributed by atoms with Gasteiger partial charge in [-0.3, -0.25) is 0 Å². The number of hydrogen-bond acceptors (Lipinski definition) is 5. The maximum atomic E-state index is 12.6. The van der Waals surface area contributed by atoms with Crippen molar-refractivity contribution < 1.29 is 21.6 Å². The van der Waals surface area contributed by atoms with Crippen LogP contribution in [0.1, 0.15) is 11.1 Å². The fourth-order valence-corrected chi connectivity index (χ4v) is 5.12. The molecule has 0 bridgehead atoms. The summed E-state index contributed by atoms with van der Waals surface area (Å²) in [6.07, 6.45) is 0. The van der Waals surface area contributed by atoms with Crippen molar-refractivity contribution in [1.82, 2.24) is 9.03 Å². The van der Waals surface area contributed by atoms with Crippen molar-refractivity contribution in [2.45, 2.75) is 23.3 Å². The van der Waals surface area contributed by atoms with Crippen molar-refractivity contribution in [3.8, 4) is 0 Å².